The summed E-state index contributed by atoms with van der Waals surface area (Å²) < 4.78 is 27.8. The zero-order chi connectivity index (χ0) is 23.0. The molecule has 0 aliphatic carbocycles. The van der Waals surface area contributed by atoms with Crippen molar-refractivity contribution in [3.63, 3.8) is 0 Å². The largest absolute Gasteiger partial charge is 0.334 e. The van der Waals surface area contributed by atoms with Gasteiger partial charge in [0.15, 0.2) is 0 Å². The van der Waals surface area contributed by atoms with Gasteiger partial charge in [0.25, 0.3) is 5.91 Å². The lowest BCUT2D eigenvalue weighted by atomic mass is 9.94. The Labute approximate surface area is 197 Å². The van der Waals surface area contributed by atoms with Crippen LogP contribution in [0.25, 0.3) is 10.8 Å². The molecule has 1 aliphatic rings. The summed E-state index contributed by atoms with van der Waals surface area (Å²) in [6.07, 6.45) is 2.47. The molecule has 0 fully saturated rings. The number of aromatic nitrogens is 1. The number of aryl methyl sites for hydroxylation is 1. The number of thiophene rings is 1. The Kier molecular flexibility index (Phi) is 5.74. The number of benzene rings is 2. The van der Waals surface area contributed by atoms with E-state index in [2.05, 4.69) is 9.71 Å². The summed E-state index contributed by atoms with van der Waals surface area (Å²) in [5.74, 6) is -0.00770. The van der Waals surface area contributed by atoms with E-state index in [1.165, 1.54) is 11.3 Å². The molecule has 8 heteroatoms. The maximum atomic E-state index is 13.2. The first-order valence-electron chi connectivity index (χ1n) is 10.7. The predicted molar refractivity (Wildman–Crippen MR) is 130 cm³/mol. The highest BCUT2D eigenvalue weighted by molar-refractivity contribution is 7.89. The maximum Gasteiger partial charge on any atom is 0.254 e. The van der Waals surface area contributed by atoms with E-state index < -0.39 is 10.0 Å². The minimum Gasteiger partial charge on any atom is -0.334 e. The number of sulfonamides is 1. The molecule has 0 radical (unpaired) electrons. The van der Waals surface area contributed by atoms with Crippen LogP contribution in [0.3, 0.4) is 0 Å². The molecular formula is C25H23N3O3S2. The SMILES string of the molecule is Cc1ncc2c(c1CNS(=O)(=O)c1ccsc1)CCN(C(=O)c1ccc3ccccc3c1)C2. The number of amides is 1. The molecule has 33 heavy (non-hydrogen) atoms. The topological polar surface area (TPSA) is 79.4 Å². The van der Waals surface area contributed by atoms with Gasteiger partial charge >= 0.3 is 0 Å². The minimum atomic E-state index is -3.57. The second-order valence-electron chi connectivity index (χ2n) is 8.15. The fourth-order valence-corrected chi connectivity index (χ4v) is 6.31. The Bertz CT molecular complexity index is 1450. The third-order valence-electron chi connectivity index (χ3n) is 6.12. The summed E-state index contributed by atoms with van der Waals surface area (Å²) in [5, 5.41) is 5.50. The van der Waals surface area contributed by atoms with E-state index in [1.807, 2.05) is 54.3 Å². The van der Waals surface area contributed by atoms with Gasteiger partial charge in [0.2, 0.25) is 10.0 Å². The summed E-state index contributed by atoms with van der Waals surface area (Å²) in [6.45, 7) is 3.10. The predicted octanol–water partition coefficient (Wildman–Crippen LogP) is 4.28. The van der Waals surface area contributed by atoms with Crippen LogP contribution in [0.5, 0.6) is 0 Å². The first-order valence-corrected chi connectivity index (χ1v) is 13.1. The quantitative estimate of drug-likeness (QED) is 0.465. The number of nitrogens with one attached hydrogen (secondary N) is 1. The van der Waals surface area contributed by atoms with Crippen molar-refractivity contribution in [2.75, 3.05) is 6.54 Å². The van der Waals surface area contributed by atoms with Crippen LogP contribution in [0, 0.1) is 6.92 Å². The fraction of sp³-hybridized carbons (Fsp3) is 0.200. The zero-order valence-corrected chi connectivity index (χ0v) is 19.7. The second-order valence-corrected chi connectivity index (χ2v) is 10.7. The third kappa shape index (κ3) is 4.29. The third-order valence-corrected chi connectivity index (χ3v) is 8.35. The first-order chi connectivity index (χ1) is 15.9. The van der Waals surface area contributed by atoms with Gasteiger partial charge in [-0.25, -0.2) is 13.1 Å². The number of pyridine rings is 1. The second kappa shape index (κ2) is 8.70. The van der Waals surface area contributed by atoms with Gasteiger partial charge in [-0.3, -0.25) is 9.78 Å². The van der Waals surface area contributed by atoms with Crippen LogP contribution >= 0.6 is 11.3 Å². The molecule has 1 amide bonds. The van der Waals surface area contributed by atoms with Gasteiger partial charge in [0.05, 0.1) is 4.90 Å². The lowest BCUT2D eigenvalue weighted by Gasteiger charge is -2.30. The van der Waals surface area contributed by atoms with Gasteiger partial charge in [-0.1, -0.05) is 30.3 Å². The summed E-state index contributed by atoms with van der Waals surface area (Å²) in [5.41, 5.74) is 4.41. The van der Waals surface area contributed by atoms with E-state index in [0.717, 1.165) is 33.2 Å². The lowest BCUT2D eigenvalue weighted by molar-refractivity contribution is 0.0734. The van der Waals surface area contributed by atoms with Crippen molar-refractivity contribution in [2.24, 2.45) is 0 Å². The van der Waals surface area contributed by atoms with Crippen molar-refractivity contribution in [3.8, 4) is 0 Å². The lowest BCUT2D eigenvalue weighted by Crippen LogP contribution is -2.37. The molecular weight excluding hydrogens is 454 g/mol. The Morgan fingerprint density at radius 3 is 2.76 bits per heavy atom. The van der Waals surface area contributed by atoms with Crippen LogP contribution < -0.4 is 4.72 Å². The number of carbonyl (C=O) groups is 1. The normalized spacial score (nSPS) is 13.8. The van der Waals surface area contributed by atoms with Crippen LogP contribution in [-0.2, 0) is 29.5 Å². The van der Waals surface area contributed by atoms with Gasteiger partial charge < -0.3 is 4.90 Å². The van der Waals surface area contributed by atoms with Crippen LogP contribution in [-0.4, -0.2) is 30.8 Å². The molecule has 6 nitrogen and oxygen atoms in total. The van der Waals surface area contributed by atoms with E-state index in [0.29, 0.717) is 25.1 Å². The van der Waals surface area contributed by atoms with E-state index in [1.54, 1.807) is 23.0 Å². The summed E-state index contributed by atoms with van der Waals surface area (Å²) in [4.78, 5) is 19.8. The molecule has 0 saturated carbocycles. The highest BCUT2D eigenvalue weighted by Crippen LogP contribution is 2.26. The van der Waals surface area contributed by atoms with E-state index in [4.69, 9.17) is 0 Å². The number of rotatable bonds is 5. The van der Waals surface area contributed by atoms with E-state index >= 15 is 0 Å². The van der Waals surface area contributed by atoms with Gasteiger partial charge in [-0.2, -0.15) is 11.3 Å². The van der Waals surface area contributed by atoms with Crippen molar-refractivity contribution in [2.45, 2.75) is 31.3 Å². The molecule has 0 atom stereocenters. The van der Waals surface area contributed by atoms with E-state index in [9.17, 15) is 13.2 Å². The van der Waals surface area contributed by atoms with Crippen molar-refractivity contribution in [1.82, 2.24) is 14.6 Å². The molecule has 1 aliphatic heterocycles. The van der Waals surface area contributed by atoms with Gasteiger partial charge in [0.1, 0.15) is 0 Å². The average molecular weight is 478 g/mol. The molecule has 5 rings (SSSR count). The summed E-state index contributed by atoms with van der Waals surface area (Å²) >= 11 is 1.35. The molecule has 1 N–H and O–H groups in total. The molecule has 0 spiro atoms. The molecule has 0 saturated heterocycles. The van der Waals surface area contributed by atoms with Crippen molar-refractivity contribution in [1.29, 1.82) is 0 Å². The van der Waals surface area contributed by atoms with Crippen LogP contribution in [0.2, 0.25) is 0 Å². The van der Waals surface area contributed by atoms with Crippen LogP contribution in [0.4, 0.5) is 0 Å². The Balaban J connectivity index is 1.36. The number of hydrogen-bond donors (Lipinski definition) is 1. The fourth-order valence-electron chi connectivity index (χ4n) is 4.29. The molecule has 4 aromatic rings. The molecule has 3 heterocycles. The van der Waals surface area contributed by atoms with Crippen LogP contribution in [0.1, 0.15) is 32.7 Å². The first kappa shape index (κ1) is 21.8. The summed E-state index contributed by atoms with van der Waals surface area (Å²) in [7, 11) is -3.57. The monoisotopic (exact) mass is 477 g/mol. The molecule has 0 unspecified atom stereocenters. The average Bonchev–Trinajstić information content (AvgIpc) is 3.38. The van der Waals surface area contributed by atoms with Gasteiger partial charge in [0, 0.05) is 42.5 Å². The highest BCUT2D eigenvalue weighted by atomic mass is 32.2. The highest BCUT2D eigenvalue weighted by Gasteiger charge is 2.25. The van der Waals surface area contributed by atoms with Crippen molar-refractivity contribution in [3.05, 3.63) is 93.4 Å². The number of nitrogens with zero attached hydrogens (tertiary/aromatic N) is 2. The van der Waals surface area contributed by atoms with Gasteiger partial charge in [-0.15, -0.1) is 0 Å². The number of carbonyl (C=O) groups excluding carboxylic acids is 1. The molecule has 0 bridgehead atoms. The standard InChI is InChI=1S/C25H23N3O3S2/c1-17-24(14-27-33(30,31)22-9-11-32-16-22)23-8-10-28(15-21(23)13-26-17)25(29)20-7-6-18-4-2-3-5-19(18)12-20/h2-7,9,11-13,16,27H,8,10,14-15H2,1H3. The Hall–Kier alpha value is -3.07. The van der Waals surface area contributed by atoms with Gasteiger partial charge in [-0.05, 0) is 64.4 Å². The maximum absolute atomic E-state index is 13.2. The van der Waals surface area contributed by atoms with Crippen molar-refractivity contribution >= 4 is 38.0 Å². The number of fused-ring (bicyclic) bond motifs is 2. The van der Waals surface area contributed by atoms with E-state index in [-0.39, 0.29) is 17.3 Å². The molecule has 2 aromatic heterocycles. The molecule has 168 valence electrons. The van der Waals surface area contributed by atoms with Crippen molar-refractivity contribution < 1.29 is 13.2 Å². The van der Waals surface area contributed by atoms with Crippen LogP contribution in [0.15, 0.2) is 70.4 Å². The Morgan fingerprint density at radius 1 is 1.15 bits per heavy atom. The Morgan fingerprint density at radius 2 is 1.97 bits per heavy atom. The smallest absolute Gasteiger partial charge is 0.254 e. The minimum absolute atomic E-state index is 0.00770. The zero-order valence-electron chi connectivity index (χ0n) is 18.1. The number of hydrogen-bond acceptors (Lipinski definition) is 5. The summed E-state index contributed by atoms with van der Waals surface area (Å²) in [6, 6.07) is 15.4. The molecule has 2 aromatic carbocycles.